The highest BCUT2D eigenvalue weighted by Gasteiger charge is 2.18. The highest BCUT2D eigenvalue weighted by atomic mass is 79.9. The molecule has 3 nitrogen and oxygen atoms in total. The van der Waals surface area contributed by atoms with Gasteiger partial charge in [-0.1, -0.05) is 17.7 Å². The quantitative estimate of drug-likeness (QED) is 0.846. The van der Waals surface area contributed by atoms with E-state index in [0.717, 1.165) is 12.1 Å². The Hall–Kier alpha value is -1.66. The summed E-state index contributed by atoms with van der Waals surface area (Å²) >= 11 is 8.40. The Morgan fingerprint density at radius 3 is 2.45 bits per heavy atom. The van der Waals surface area contributed by atoms with Crippen LogP contribution in [0, 0.1) is 11.6 Å². The number of rotatable bonds is 3. The predicted molar refractivity (Wildman–Crippen MR) is 72.5 cm³/mol. The van der Waals surface area contributed by atoms with Gasteiger partial charge in [-0.3, -0.25) is 0 Å². The second-order valence-corrected chi connectivity index (χ2v) is 4.90. The second kappa shape index (κ2) is 5.76. The minimum atomic E-state index is -1.30. The van der Waals surface area contributed by atoms with Gasteiger partial charge >= 0.3 is 5.97 Å². The van der Waals surface area contributed by atoms with Crippen molar-refractivity contribution in [1.82, 2.24) is 0 Å². The summed E-state index contributed by atoms with van der Waals surface area (Å²) < 4.78 is 32.4. The molecular formula is C13H6BrClF2O3. The molecule has 0 spiro atoms. The molecule has 0 aliphatic rings. The summed E-state index contributed by atoms with van der Waals surface area (Å²) in [5.41, 5.74) is -0.263. The average Bonchev–Trinajstić information content (AvgIpc) is 2.40. The van der Waals surface area contributed by atoms with Crippen LogP contribution in [0.3, 0.4) is 0 Å². The molecule has 2 rings (SSSR count). The van der Waals surface area contributed by atoms with E-state index in [-0.39, 0.29) is 26.6 Å². The summed E-state index contributed by atoms with van der Waals surface area (Å²) in [4.78, 5) is 10.8. The lowest BCUT2D eigenvalue weighted by Crippen LogP contribution is -2.01. The lowest BCUT2D eigenvalue weighted by atomic mass is 10.2. The lowest BCUT2D eigenvalue weighted by Gasteiger charge is -2.10. The molecule has 0 atom stereocenters. The molecule has 104 valence electrons. The van der Waals surface area contributed by atoms with Crippen LogP contribution in [-0.4, -0.2) is 11.1 Å². The van der Waals surface area contributed by atoms with Crippen LogP contribution < -0.4 is 4.74 Å². The van der Waals surface area contributed by atoms with Crippen molar-refractivity contribution in [2.75, 3.05) is 0 Å². The molecule has 2 aromatic carbocycles. The minimum Gasteiger partial charge on any atom is -0.478 e. The van der Waals surface area contributed by atoms with Crippen LogP contribution in [0.15, 0.2) is 34.8 Å². The number of carboxylic acid groups (broad SMARTS) is 1. The summed E-state index contributed by atoms with van der Waals surface area (Å²) in [5.74, 6) is -3.64. The molecule has 0 fully saturated rings. The Morgan fingerprint density at radius 1 is 1.15 bits per heavy atom. The minimum absolute atomic E-state index is 0.163. The molecule has 0 heterocycles. The Balaban J connectivity index is 2.42. The molecule has 0 radical (unpaired) electrons. The second-order valence-electron chi connectivity index (χ2n) is 3.70. The number of benzene rings is 2. The zero-order valence-corrected chi connectivity index (χ0v) is 12.0. The Bertz CT molecular complexity index is 692. The molecule has 0 saturated heterocycles. The van der Waals surface area contributed by atoms with Gasteiger partial charge in [0.2, 0.25) is 0 Å². The van der Waals surface area contributed by atoms with Gasteiger partial charge in [-0.25, -0.2) is 13.6 Å². The molecule has 20 heavy (non-hydrogen) atoms. The zero-order chi connectivity index (χ0) is 14.9. The van der Waals surface area contributed by atoms with Gasteiger partial charge in [0, 0.05) is 0 Å². The molecular weight excluding hydrogens is 357 g/mol. The molecule has 0 bridgehead atoms. The number of halogens is 4. The van der Waals surface area contributed by atoms with Crippen LogP contribution in [0.1, 0.15) is 10.4 Å². The van der Waals surface area contributed by atoms with E-state index in [9.17, 15) is 13.6 Å². The van der Waals surface area contributed by atoms with E-state index in [1.165, 1.54) is 18.2 Å². The van der Waals surface area contributed by atoms with Gasteiger partial charge in [0.15, 0.2) is 23.1 Å². The molecule has 0 unspecified atom stereocenters. The van der Waals surface area contributed by atoms with E-state index in [2.05, 4.69) is 15.9 Å². The normalized spacial score (nSPS) is 10.4. The summed E-state index contributed by atoms with van der Waals surface area (Å²) in [6.07, 6.45) is 0. The van der Waals surface area contributed by atoms with Gasteiger partial charge < -0.3 is 9.84 Å². The van der Waals surface area contributed by atoms with Crippen molar-refractivity contribution in [3.63, 3.8) is 0 Å². The molecule has 0 aliphatic carbocycles. The maximum absolute atomic E-state index is 13.9. The first-order valence-corrected chi connectivity index (χ1v) is 6.42. The topological polar surface area (TPSA) is 46.5 Å². The van der Waals surface area contributed by atoms with E-state index in [1.54, 1.807) is 0 Å². The molecule has 0 amide bonds. The first kappa shape index (κ1) is 14.7. The maximum atomic E-state index is 13.9. The van der Waals surface area contributed by atoms with Gasteiger partial charge in [-0.2, -0.15) is 0 Å². The Morgan fingerprint density at radius 2 is 1.80 bits per heavy atom. The smallest absolute Gasteiger partial charge is 0.336 e. The lowest BCUT2D eigenvalue weighted by molar-refractivity contribution is 0.0695. The van der Waals surface area contributed by atoms with Crippen molar-refractivity contribution in [1.29, 1.82) is 0 Å². The van der Waals surface area contributed by atoms with Crippen LogP contribution in [-0.2, 0) is 0 Å². The first-order chi connectivity index (χ1) is 9.41. The number of hydrogen-bond donors (Lipinski definition) is 1. The molecule has 0 aliphatic heterocycles. The monoisotopic (exact) mass is 362 g/mol. The molecule has 2 aromatic rings. The van der Waals surface area contributed by atoms with Crippen molar-refractivity contribution in [3.05, 3.63) is 57.0 Å². The van der Waals surface area contributed by atoms with Gasteiger partial charge in [0.05, 0.1) is 15.1 Å². The van der Waals surface area contributed by atoms with Crippen LogP contribution >= 0.6 is 27.5 Å². The predicted octanol–water partition coefficient (Wildman–Crippen LogP) is 4.87. The first-order valence-electron chi connectivity index (χ1n) is 5.25. The largest absolute Gasteiger partial charge is 0.478 e. The van der Waals surface area contributed by atoms with Gasteiger partial charge in [0.25, 0.3) is 0 Å². The fourth-order valence-corrected chi connectivity index (χ4v) is 2.12. The summed E-state index contributed by atoms with van der Waals surface area (Å²) in [6.45, 7) is 0. The number of ether oxygens (including phenoxy) is 1. The van der Waals surface area contributed by atoms with Gasteiger partial charge in [0.1, 0.15) is 0 Å². The van der Waals surface area contributed by atoms with E-state index >= 15 is 0 Å². The number of hydrogen-bond acceptors (Lipinski definition) is 2. The van der Waals surface area contributed by atoms with E-state index in [1.807, 2.05) is 0 Å². The number of aromatic carboxylic acids is 1. The zero-order valence-electron chi connectivity index (χ0n) is 9.66. The number of carboxylic acids is 1. The van der Waals surface area contributed by atoms with Crippen molar-refractivity contribution < 1.29 is 23.4 Å². The standard InChI is InChI=1S/C13H6BrClF2O3/c14-10-6(13(18)19)4-5-9(12(10)17)20-8-3-1-2-7(15)11(8)16/h1-5H,(H,18,19). The summed E-state index contributed by atoms with van der Waals surface area (Å²) in [6, 6.07) is 6.29. The van der Waals surface area contributed by atoms with Gasteiger partial charge in [-0.05, 0) is 40.2 Å². The highest BCUT2D eigenvalue weighted by molar-refractivity contribution is 9.10. The molecule has 7 heteroatoms. The third-order valence-corrected chi connectivity index (χ3v) is 3.48. The highest BCUT2D eigenvalue weighted by Crippen LogP contribution is 2.34. The SMILES string of the molecule is O=C(O)c1ccc(Oc2cccc(Cl)c2F)c(F)c1Br. The van der Waals surface area contributed by atoms with E-state index in [4.69, 9.17) is 21.4 Å². The van der Waals surface area contributed by atoms with Crippen molar-refractivity contribution in [2.24, 2.45) is 0 Å². The van der Waals surface area contributed by atoms with E-state index < -0.39 is 17.6 Å². The molecule has 1 N–H and O–H groups in total. The maximum Gasteiger partial charge on any atom is 0.336 e. The summed E-state index contributed by atoms with van der Waals surface area (Å²) in [5, 5.41) is 8.67. The fourth-order valence-electron chi connectivity index (χ4n) is 1.46. The van der Waals surface area contributed by atoms with Gasteiger partial charge in [-0.15, -0.1) is 0 Å². The van der Waals surface area contributed by atoms with Crippen LogP contribution in [0.5, 0.6) is 11.5 Å². The fraction of sp³-hybridized carbons (Fsp3) is 0. The van der Waals surface area contributed by atoms with E-state index in [0.29, 0.717) is 0 Å². The van der Waals surface area contributed by atoms with Crippen molar-refractivity contribution in [3.8, 4) is 11.5 Å². The van der Waals surface area contributed by atoms with Crippen LogP contribution in [0.4, 0.5) is 8.78 Å². The van der Waals surface area contributed by atoms with Crippen LogP contribution in [0.2, 0.25) is 5.02 Å². The Kier molecular flexibility index (Phi) is 4.25. The third-order valence-electron chi connectivity index (χ3n) is 2.41. The van der Waals surface area contributed by atoms with Crippen molar-refractivity contribution in [2.45, 2.75) is 0 Å². The summed E-state index contributed by atoms with van der Waals surface area (Å²) in [7, 11) is 0. The Labute approximate surface area is 125 Å². The average molecular weight is 364 g/mol. The number of carbonyl (C=O) groups is 1. The third kappa shape index (κ3) is 2.76. The molecule has 0 saturated carbocycles. The molecule has 0 aromatic heterocycles. The van der Waals surface area contributed by atoms with Crippen molar-refractivity contribution >= 4 is 33.5 Å². The van der Waals surface area contributed by atoms with Crippen LogP contribution in [0.25, 0.3) is 0 Å².